The van der Waals surface area contributed by atoms with Gasteiger partial charge in [-0.1, -0.05) is 44.6 Å². The van der Waals surface area contributed by atoms with Gasteiger partial charge in [-0.2, -0.15) is 0 Å². The number of anilines is 1. The van der Waals surface area contributed by atoms with E-state index >= 15 is 0 Å². The average Bonchev–Trinajstić information content (AvgIpc) is 2.77. The number of allylic oxidation sites excluding steroid dienone is 4. The van der Waals surface area contributed by atoms with Gasteiger partial charge in [0.25, 0.3) is 0 Å². The van der Waals surface area contributed by atoms with Crippen LogP contribution in [0.1, 0.15) is 58.9 Å². The molecular formula is C23H34N2O3. The van der Waals surface area contributed by atoms with E-state index in [1.807, 2.05) is 24.3 Å². The Hall–Kier alpha value is -2.40. The Morgan fingerprint density at radius 2 is 1.79 bits per heavy atom. The number of aliphatic hydroxyl groups is 1. The van der Waals surface area contributed by atoms with Crippen molar-refractivity contribution in [2.75, 3.05) is 12.3 Å². The number of rotatable bonds is 7. The Morgan fingerprint density at radius 1 is 1.11 bits per heavy atom. The fourth-order valence-electron chi connectivity index (χ4n) is 3.25. The molecule has 0 heterocycles. The molecule has 154 valence electrons. The molecule has 0 saturated heterocycles. The maximum absolute atomic E-state index is 9.76. The molecule has 5 heteroatoms. The maximum atomic E-state index is 9.76. The lowest BCUT2D eigenvalue weighted by atomic mass is 9.83. The fourth-order valence-corrected chi connectivity index (χ4v) is 3.25. The van der Waals surface area contributed by atoms with Gasteiger partial charge in [-0.25, -0.2) is 0 Å². The molecule has 1 aliphatic carbocycles. The maximum Gasteiger partial charge on any atom is 0.138 e. The Labute approximate surface area is 168 Å². The number of hydrogen-bond donors (Lipinski definition) is 4. The predicted octanol–water partition coefficient (Wildman–Crippen LogP) is 4.90. The third-order valence-corrected chi connectivity index (χ3v) is 5.49. The van der Waals surface area contributed by atoms with Gasteiger partial charge < -0.3 is 26.4 Å². The van der Waals surface area contributed by atoms with E-state index in [-0.39, 0.29) is 22.8 Å². The molecule has 1 aromatic carbocycles. The van der Waals surface area contributed by atoms with Crippen LogP contribution in [0.25, 0.3) is 0 Å². The van der Waals surface area contributed by atoms with Crippen LogP contribution in [0.15, 0.2) is 53.5 Å². The van der Waals surface area contributed by atoms with Crippen molar-refractivity contribution in [2.24, 2.45) is 11.1 Å². The third-order valence-electron chi connectivity index (χ3n) is 5.49. The smallest absolute Gasteiger partial charge is 0.138 e. The molecule has 1 aromatic rings. The molecule has 1 aliphatic rings. The molecule has 0 radical (unpaired) electrons. The molecule has 28 heavy (non-hydrogen) atoms. The van der Waals surface area contributed by atoms with Crippen molar-refractivity contribution in [1.29, 1.82) is 0 Å². The highest BCUT2D eigenvalue weighted by atomic mass is 16.5. The van der Waals surface area contributed by atoms with E-state index in [2.05, 4.69) is 34.6 Å². The number of aliphatic hydroxyl groups excluding tert-OH is 1. The fraction of sp³-hybridized carbons (Fsp3) is 0.478. The number of nitrogens with two attached hydrogens (primary N) is 2. The van der Waals surface area contributed by atoms with Crippen molar-refractivity contribution in [3.05, 3.63) is 59.0 Å². The van der Waals surface area contributed by atoms with Crippen LogP contribution in [0.3, 0.4) is 0 Å². The van der Waals surface area contributed by atoms with E-state index < -0.39 is 5.60 Å². The summed E-state index contributed by atoms with van der Waals surface area (Å²) in [6.07, 6.45) is 7.02. The van der Waals surface area contributed by atoms with Gasteiger partial charge in [0.05, 0.1) is 23.6 Å². The number of aromatic hydroxyl groups is 1. The SMILES string of the molecule is CC(c1ccc(O)c(N)c1)C(C)(C)OCC(C)(C)CC1=CC=C(O)C(N)=CC1. The number of hydrogen-bond acceptors (Lipinski definition) is 5. The Bertz CT molecular complexity index is 804. The summed E-state index contributed by atoms with van der Waals surface area (Å²) in [5, 5.41) is 19.4. The standard InChI is InChI=1S/C23H34N2O3/c1-15(17-8-11-21(27)19(25)12-17)23(4,5)28-14-22(2,3)13-16-6-9-18(24)20(26)10-7-16/h7-12,15,26-27H,6,13-14,24-25H2,1-5H3. The second kappa shape index (κ2) is 8.31. The van der Waals surface area contributed by atoms with Crippen molar-refractivity contribution >= 4 is 5.69 Å². The monoisotopic (exact) mass is 386 g/mol. The second-order valence-corrected chi connectivity index (χ2v) is 9.01. The summed E-state index contributed by atoms with van der Waals surface area (Å²) < 4.78 is 6.36. The molecule has 0 aliphatic heterocycles. The van der Waals surface area contributed by atoms with E-state index in [4.69, 9.17) is 16.2 Å². The first kappa shape index (κ1) is 21.9. The number of ether oxygens (including phenoxy) is 1. The van der Waals surface area contributed by atoms with Gasteiger partial charge in [-0.15, -0.1) is 0 Å². The van der Waals surface area contributed by atoms with Crippen molar-refractivity contribution in [3.63, 3.8) is 0 Å². The molecule has 0 fully saturated rings. The zero-order valence-electron chi connectivity index (χ0n) is 17.6. The van der Waals surface area contributed by atoms with Gasteiger partial charge in [0, 0.05) is 5.92 Å². The van der Waals surface area contributed by atoms with Gasteiger partial charge in [0.1, 0.15) is 11.5 Å². The van der Waals surface area contributed by atoms with Crippen LogP contribution < -0.4 is 11.5 Å². The number of nitrogen functional groups attached to an aromatic ring is 1. The molecular weight excluding hydrogens is 352 g/mol. The number of phenols is 1. The summed E-state index contributed by atoms with van der Waals surface area (Å²) in [5.41, 5.74) is 14.2. The van der Waals surface area contributed by atoms with Gasteiger partial charge in [-0.3, -0.25) is 0 Å². The molecule has 0 saturated carbocycles. The average molecular weight is 387 g/mol. The lowest BCUT2D eigenvalue weighted by molar-refractivity contribution is -0.0676. The largest absolute Gasteiger partial charge is 0.506 e. The molecule has 0 bridgehead atoms. The van der Waals surface area contributed by atoms with E-state index in [1.165, 1.54) is 5.57 Å². The quantitative estimate of drug-likeness (QED) is 0.394. The van der Waals surface area contributed by atoms with Crippen molar-refractivity contribution in [3.8, 4) is 5.75 Å². The van der Waals surface area contributed by atoms with Crippen molar-refractivity contribution in [2.45, 2.75) is 59.0 Å². The highest BCUT2D eigenvalue weighted by molar-refractivity contribution is 5.54. The van der Waals surface area contributed by atoms with Gasteiger partial charge in [0.2, 0.25) is 0 Å². The lowest BCUT2D eigenvalue weighted by Crippen LogP contribution is -2.35. The molecule has 0 aromatic heterocycles. The minimum atomic E-state index is -0.402. The first-order chi connectivity index (χ1) is 12.9. The highest BCUT2D eigenvalue weighted by Gasteiger charge is 2.31. The minimum absolute atomic E-state index is 0.0762. The van der Waals surface area contributed by atoms with Crippen LogP contribution in [0.4, 0.5) is 5.69 Å². The zero-order chi connectivity index (χ0) is 21.1. The third kappa shape index (κ3) is 5.55. The Kier molecular flexibility index (Phi) is 6.50. The van der Waals surface area contributed by atoms with E-state index in [9.17, 15) is 10.2 Å². The molecule has 1 unspecified atom stereocenters. The minimum Gasteiger partial charge on any atom is -0.506 e. The summed E-state index contributed by atoms with van der Waals surface area (Å²) in [4.78, 5) is 0. The predicted molar refractivity (Wildman–Crippen MR) is 115 cm³/mol. The van der Waals surface area contributed by atoms with E-state index in [0.29, 0.717) is 18.0 Å². The van der Waals surface area contributed by atoms with Crippen LogP contribution >= 0.6 is 0 Å². The van der Waals surface area contributed by atoms with Gasteiger partial charge in [0.15, 0.2) is 0 Å². The van der Waals surface area contributed by atoms with Crippen LogP contribution in [0.2, 0.25) is 0 Å². The molecule has 0 amide bonds. The highest BCUT2D eigenvalue weighted by Crippen LogP contribution is 2.36. The van der Waals surface area contributed by atoms with E-state index in [1.54, 1.807) is 12.1 Å². The molecule has 2 rings (SSSR count). The van der Waals surface area contributed by atoms with Crippen molar-refractivity contribution < 1.29 is 14.9 Å². The van der Waals surface area contributed by atoms with Gasteiger partial charge in [-0.05, 0) is 55.9 Å². The first-order valence-corrected chi connectivity index (χ1v) is 9.68. The summed E-state index contributed by atoms with van der Waals surface area (Å²) in [7, 11) is 0. The normalized spacial score (nSPS) is 16.7. The molecule has 6 N–H and O–H groups in total. The van der Waals surface area contributed by atoms with Crippen molar-refractivity contribution in [1.82, 2.24) is 0 Å². The van der Waals surface area contributed by atoms with Gasteiger partial charge >= 0.3 is 0 Å². The van der Waals surface area contributed by atoms with E-state index in [0.717, 1.165) is 18.4 Å². The topological polar surface area (TPSA) is 102 Å². The zero-order valence-corrected chi connectivity index (χ0v) is 17.6. The molecule has 0 spiro atoms. The second-order valence-electron chi connectivity index (χ2n) is 9.01. The molecule has 5 nitrogen and oxygen atoms in total. The number of benzene rings is 1. The van der Waals surface area contributed by atoms with Crippen LogP contribution in [0.5, 0.6) is 5.75 Å². The summed E-state index contributed by atoms with van der Waals surface area (Å²) in [6.45, 7) is 11.2. The lowest BCUT2D eigenvalue weighted by Gasteiger charge is -2.36. The Balaban J connectivity index is 2.02. The van der Waals surface area contributed by atoms with Crippen LogP contribution in [-0.2, 0) is 4.74 Å². The number of phenolic OH excluding ortho intramolecular Hbond substituents is 1. The summed E-state index contributed by atoms with van der Waals surface area (Å²) in [6, 6.07) is 5.32. The van der Waals surface area contributed by atoms with Crippen LogP contribution in [-0.4, -0.2) is 22.4 Å². The summed E-state index contributed by atoms with van der Waals surface area (Å²) in [5.74, 6) is 0.320. The van der Waals surface area contributed by atoms with Crippen LogP contribution in [0, 0.1) is 5.41 Å². The summed E-state index contributed by atoms with van der Waals surface area (Å²) >= 11 is 0. The first-order valence-electron chi connectivity index (χ1n) is 9.68. The molecule has 1 atom stereocenters. The Morgan fingerprint density at radius 3 is 2.43 bits per heavy atom.